The summed E-state index contributed by atoms with van der Waals surface area (Å²) in [6.07, 6.45) is 9.21. The Labute approximate surface area is 283 Å². The van der Waals surface area contributed by atoms with Crippen LogP contribution in [0.3, 0.4) is 0 Å². The van der Waals surface area contributed by atoms with Crippen molar-refractivity contribution in [3.05, 3.63) is 48.0 Å². The maximum Gasteiger partial charge on any atom is 0.410 e. The van der Waals surface area contributed by atoms with E-state index in [4.69, 9.17) is 9.47 Å². The Morgan fingerprint density at radius 2 is 1.21 bits per heavy atom. The van der Waals surface area contributed by atoms with Gasteiger partial charge >= 0.3 is 12.2 Å². The van der Waals surface area contributed by atoms with Gasteiger partial charge in [0.25, 0.3) is 0 Å². The molecule has 4 rings (SSSR count). The Kier molecular flexibility index (Phi) is 13.0. The molecule has 1 aliphatic heterocycles. The van der Waals surface area contributed by atoms with Crippen molar-refractivity contribution in [3.8, 4) is 0 Å². The Morgan fingerprint density at radius 1 is 0.702 bits per heavy atom. The van der Waals surface area contributed by atoms with Crippen LogP contribution < -0.4 is 0 Å². The first kappa shape index (κ1) is 36.5. The SMILES string of the molecule is CC(C)(C)OC(=O)N(CCCCN(CC1CCN(C(=O)Cc2cccc3ccccc23)CC1)C(=O)OC(C)(C)C)CC1CCCCC1. The number of likely N-dealkylation sites (tertiary alicyclic amines) is 1. The molecule has 2 aromatic carbocycles. The highest BCUT2D eigenvalue weighted by Gasteiger charge is 2.29. The molecule has 0 unspecified atom stereocenters. The molecule has 1 saturated heterocycles. The molecule has 0 aromatic heterocycles. The Bertz CT molecular complexity index is 1310. The number of fused-ring (bicyclic) bond motifs is 1. The van der Waals surface area contributed by atoms with E-state index in [1.807, 2.05) is 74.4 Å². The van der Waals surface area contributed by atoms with Crippen LogP contribution in [0.25, 0.3) is 10.8 Å². The maximum absolute atomic E-state index is 13.3. The molecule has 1 heterocycles. The molecule has 2 fully saturated rings. The molecule has 0 N–H and O–H groups in total. The van der Waals surface area contributed by atoms with E-state index in [2.05, 4.69) is 24.3 Å². The lowest BCUT2D eigenvalue weighted by Crippen LogP contribution is -2.45. The summed E-state index contributed by atoms with van der Waals surface area (Å²) in [7, 11) is 0. The molecule has 8 nitrogen and oxygen atoms in total. The lowest BCUT2D eigenvalue weighted by molar-refractivity contribution is -0.131. The van der Waals surface area contributed by atoms with Crippen molar-refractivity contribution in [1.82, 2.24) is 14.7 Å². The Balaban J connectivity index is 1.30. The molecule has 2 aliphatic rings. The van der Waals surface area contributed by atoms with E-state index in [1.165, 1.54) is 32.1 Å². The van der Waals surface area contributed by atoms with Crippen molar-refractivity contribution in [2.45, 2.75) is 117 Å². The van der Waals surface area contributed by atoms with Crippen LogP contribution in [0.5, 0.6) is 0 Å². The maximum atomic E-state index is 13.3. The molecule has 0 spiro atoms. The minimum atomic E-state index is -0.583. The molecule has 47 heavy (non-hydrogen) atoms. The van der Waals surface area contributed by atoms with E-state index in [1.54, 1.807) is 0 Å². The summed E-state index contributed by atoms with van der Waals surface area (Å²) in [6, 6.07) is 14.4. The van der Waals surface area contributed by atoms with Gasteiger partial charge in [0.05, 0.1) is 6.42 Å². The second-order valence-corrected chi connectivity index (χ2v) is 15.7. The molecule has 2 aromatic rings. The topological polar surface area (TPSA) is 79.4 Å². The number of carbonyl (C=O) groups is 3. The van der Waals surface area contributed by atoms with Crippen molar-refractivity contribution in [3.63, 3.8) is 0 Å². The van der Waals surface area contributed by atoms with Crippen LogP contribution in [0.2, 0.25) is 0 Å². The number of benzene rings is 2. The van der Waals surface area contributed by atoms with Crippen LogP contribution in [0.15, 0.2) is 42.5 Å². The number of nitrogens with zero attached hydrogens (tertiary/aromatic N) is 3. The second kappa shape index (κ2) is 16.7. The summed E-state index contributed by atoms with van der Waals surface area (Å²) >= 11 is 0. The standard InChI is InChI=1S/C39H59N3O5/c1-38(2,3)46-36(44)41(28-30-15-8-7-9-16-30)23-12-13-24-42(37(45)47-39(4,5)6)29-31-21-25-40(26-22-31)35(43)27-33-19-14-18-32-17-10-11-20-34(32)33/h10-11,14,17-20,30-31H,7-9,12-13,15-16,21-29H2,1-6H3. The highest BCUT2D eigenvalue weighted by molar-refractivity contribution is 5.90. The van der Waals surface area contributed by atoms with Crippen LogP contribution in [0.4, 0.5) is 9.59 Å². The van der Waals surface area contributed by atoms with Gasteiger partial charge in [-0.15, -0.1) is 0 Å². The van der Waals surface area contributed by atoms with Crippen LogP contribution in [0.1, 0.15) is 105 Å². The molecule has 0 atom stereocenters. The molecule has 1 aliphatic carbocycles. The molecule has 1 saturated carbocycles. The molecule has 260 valence electrons. The summed E-state index contributed by atoms with van der Waals surface area (Å²) in [6.45, 7) is 15.3. The monoisotopic (exact) mass is 649 g/mol. The lowest BCUT2D eigenvalue weighted by atomic mass is 9.89. The summed E-state index contributed by atoms with van der Waals surface area (Å²) in [5.74, 6) is 0.986. The fourth-order valence-corrected chi connectivity index (χ4v) is 6.85. The minimum Gasteiger partial charge on any atom is -0.444 e. The average molecular weight is 650 g/mol. The smallest absolute Gasteiger partial charge is 0.410 e. The first-order chi connectivity index (χ1) is 22.3. The van der Waals surface area contributed by atoms with Crippen molar-refractivity contribution < 1.29 is 23.9 Å². The minimum absolute atomic E-state index is 0.159. The average Bonchev–Trinajstić information content (AvgIpc) is 3.01. The predicted octanol–water partition coefficient (Wildman–Crippen LogP) is 8.46. The van der Waals surface area contributed by atoms with E-state index in [0.29, 0.717) is 51.0 Å². The van der Waals surface area contributed by atoms with Crippen LogP contribution in [-0.4, -0.2) is 83.3 Å². The number of unbranched alkanes of at least 4 members (excludes halogenated alkanes) is 1. The number of hydrogen-bond donors (Lipinski definition) is 0. The zero-order chi connectivity index (χ0) is 34.0. The van der Waals surface area contributed by atoms with Gasteiger partial charge in [0.2, 0.25) is 5.91 Å². The highest BCUT2D eigenvalue weighted by atomic mass is 16.6. The van der Waals surface area contributed by atoms with Crippen LogP contribution >= 0.6 is 0 Å². The predicted molar refractivity (Wildman–Crippen MR) is 188 cm³/mol. The molecule has 0 radical (unpaired) electrons. The van der Waals surface area contributed by atoms with Gasteiger partial charge in [-0.1, -0.05) is 61.7 Å². The molecular weight excluding hydrogens is 590 g/mol. The van der Waals surface area contributed by atoms with Crippen LogP contribution in [0, 0.1) is 11.8 Å². The zero-order valence-corrected chi connectivity index (χ0v) is 29.9. The van der Waals surface area contributed by atoms with Crippen LogP contribution in [-0.2, 0) is 20.7 Å². The third kappa shape index (κ3) is 12.0. The molecular formula is C39H59N3O5. The second-order valence-electron chi connectivity index (χ2n) is 15.7. The van der Waals surface area contributed by atoms with Crippen molar-refractivity contribution in [2.75, 3.05) is 39.3 Å². The highest BCUT2D eigenvalue weighted by Crippen LogP contribution is 2.26. The number of hydrogen-bond acceptors (Lipinski definition) is 5. The van der Waals surface area contributed by atoms with E-state index >= 15 is 0 Å². The molecule has 0 bridgehead atoms. The van der Waals surface area contributed by atoms with Gasteiger partial charge in [0, 0.05) is 39.3 Å². The normalized spacial score (nSPS) is 16.6. The van der Waals surface area contributed by atoms with Crippen molar-refractivity contribution in [1.29, 1.82) is 0 Å². The summed E-state index contributed by atoms with van der Waals surface area (Å²) in [5.41, 5.74) is -0.0542. The Morgan fingerprint density at radius 3 is 1.77 bits per heavy atom. The molecule has 3 amide bonds. The number of ether oxygens (including phenoxy) is 2. The van der Waals surface area contributed by atoms with Gasteiger partial charge in [-0.2, -0.15) is 0 Å². The lowest BCUT2D eigenvalue weighted by Gasteiger charge is -2.36. The van der Waals surface area contributed by atoms with Gasteiger partial charge in [-0.05, 0) is 108 Å². The van der Waals surface area contributed by atoms with Gasteiger partial charge in [0.15, 0.2) is 0 Å². The van der Waals surface area contributed by atoms with Gasteiger partial charge in [-0.3, -0.25) is 4.79 Å². The summed E-state index contributed by atoms with van der Waals surface area (Å²) in [4.78, 5) is 45.5. The van der Waals surface area contributed by atoms with E-state index in [9.17, 15) is 14.4 Å². The fourth-order valence-electron chi connectivity index (χ4n) is 6.85. The Hall–Kier alpha value is -3.29. The zero-order valence-electron chi connectivity index (χ0n) is 29.9. The number of amides is 3. The number of carbonyl (C=O) groups excluding carboxylic acids is 3. The van der Waals surface area contributed by atoms with Gasteiger partial charge < -0.3 is 24.2 Å². The third-order valence-electron chi connectivity index (χ3n) is 9.28. The van der Waals surface area contributed by atoms with E-state index < -0.39 is 11.2 Å². The number of piperidine rings is 1. The first-order valence-corrected chi connectivity index (χ1v) is 18.0. The first-order valence-electron chi connectivity index (χ1n) is 18.0. The van der Waals surface area contributed by atoms with E-state index in [-0.39, 0.29) is 18.1 Å². The summed E-state index contributed by atoms with van der Waals surface area (Å²) in [5, 5.41) is 2.29. The fraction of sp³-hybridized carbons (Fsp3) is 0.667. The van der Waals surface area contributed by atoms with Gasteiger partial charge in [-0.25, -0.2) is 9.59 Å². The molecule has 8 heteroatoms. The van der Waals surface area contributed by atoms with Crippen molar-refractivity contribution >= 4 is 28.9 Å². The third-order valence-corrected chi connectivity index (χ3v) is 9.28. The quantitative estimate of drug-likeness (QED) is 0.228. The largest absolute Gasteiger partial charge is 0.444 e. The number of rotatable bonds is 11. The van der Waals surface area contributed by atoms with Gasteiger partial charge in [0.1, 0.15) is 11.2 Å². The van der Waals surface area contributed by atoms with Crippen molar-refractivity contribution in [2.24, 2.45) is 11.8 Å². The van der Waals surface area contributed by atoms with E-state index in [0.717, 1.165) is 48.6 Å². The summed E-state index contributed by atoms with van der Waals surface area (Å²) < 4.78 is 11.6.